The molecule has 0 saturated carbocycles. The van der Waals surface area contributed by atoms with Crippen LogP contribution >= 0.6 is 0 Å². The van der Waals surface area contributed by atoms with Crippen molar-refractivity contribution in [1.82, 2.24) is 14.7 Å². The van der Waals surface area contributed by atoms with E-state index in [1.54, 1.807) is 17.1 Å². The third kappa shape index (κ3) is 3.19. The molecule has 0 amide bonds. The van der Waals surface area contributed by atoms with Crippen LogP contribution in [-0.4, -0.2) is 54.2 Å². The van der Waals surface area contributed by atoms with Gasteiger partial charge in [0, 0.05) is 18.8 Å². The van der Waals surface area contributed by atoms with Crippen LogP contribution in [0.5, 0.6) is 0 Å². The maximum absolute atomic E-state index is 11.4. The Morgan fingerprint density at radius 2 is 2.41 bits per heavy atom. The summed E-state index contributed by atoms with van der Waals surface area (Å²) in [6.45, 7) is 1.51. The van der Waals surface area contributed by atoms with Crippen molar-refractivity contribution in [2.24, 2.45) is 0 Å². The van der Waals surface area contributed by atoms with E-state index >= 15 is 0 Å². The molecule has 1 saturated heterocycles. The lowest BCUT2D eigenvalue weighted by Crippen LogP contribution is -2.35. The number of aromatic nitrogens is 2. The van der Waals surface area contributed by atoms with E-state index in [9.17, 15) is 8.42 Å². The molecule has 0 bridgehead atoms. The van der Waals surface area contributed by atoms with Gasteiger partial charge in [0.15, 0.2) is 9.84 Å². The van der Waals surface area contributed by atoms with Gasteiger partial charge >= 0.3 is 0 Å². The van der Waals surface area contributed by atoms with Crippen LogP contribution in [-0.2, 0) is 16.4 Å². The third-order valence-corrected chi connectivity index (χ3v) is 4.92. The summed E-state index contributed by atoms with van der Waals surface area (Å²) in [7, 11) is -0.847. The largest absolute Gasteiger partial charge is 0.396 e. The zero-order valence-electron chi connectivity index (χ0n) is 9.91. The zero-order chi connectivity index (χ0) is 12.5. The van der Waals surface area contributed by atoms with Gasteiger partial charge in [-0.2, -0.15) is 5.10 Å². The summed E-state index contributed by atoms with van der Waals surface area (Å²) >= 11 is 0. The van der Waals surface area contributed by atoms with E-state index < -0.39 is 9.84 Å². The molecule has 1 aromatic heterocycles. The lowest BCUT2D eigenvalue weighted by molar-refractivity contribution is 0.248. The van der Waals surface area contributed by atoms with Crippen LogP contribution < -0.4 is 5.73 Å². The van der Waals surface area contributed by atoms with E-state index in [-0.39, 0.29) is 11.8 Å². The molecule has 1 unspecified atom stereocenters. The van der Waals surface area contributed by atoms with Crippen LogP contribution in [0.1, 0.15) is 6.42 Å². The molecule has 1 aromatic rings. The maximum atomic E-state index is 11.4. The summed E-state index contributed by atoms with van der Waals surface area (Å²) < 4.78 is 24.5. The smallest absolute Gasteiger partial charge is 0.151 e. The number of hydrogen-bond acceptors (Lipinski definition) is 5. The van der Waals surface area contributed by atoms with E-state index in [0.717, 1.165) is 19.5 Å². The Labute approximate surface area is 101 Å². The van der Waals surface area contributed by atoms with Gasteiger partial charge < -0.3 is 10.6 Å². The fraction of sp³-hybridized carbons (Fsp3) is 0.700. The second kappa shape index (κ2) is 4.66. The van der Waals surface area contributed by atoms with Crippen molar-refractivity contribution < 1.29 is 8.42 Å². The molecular weight excluding hydrogens is 240 g/mol. The van der Waals surface area contributed by atoms with Crippen molar-refractivity contribution in [3.05, 3.63) is 12.4 Å². The van der Waals surface area contributed by atoms with Gasteiger partial charge in [0.1, 0.15) is 0 Å². The molecule has 6 nitrogen and oxygen atoms in total. The Morgan fingerprint density at radius 1 is 1.65 bits per heavy atom. The molecule has 1 atom stereocenters. The summed E-state index contributed by atoms with van der Waals surface area (Å²) in [5.41, 5.74) is 6.22. The van der Waals surface area contributed by atoms with Gasteiger partial charge in [-0.3, -0.25) is 4.68 Å². The Kier molecular flexibility index (Phi) is 3.39. The fourth-order valence-corrected chi connectivity index (χ4v) is 3.87. The molecule has 1 aliphatic heterocycles. The molecule has 0 aliphatic carbocycles. The van der Waals surface area contributed by atoms with Crippen LogP contribution in [0.3, 0.4) is 0 Å². The second-order valence-electron chi connectivity index (χ2n) is 4.57. The molecule has 7 heteroatoms. The van der Waals surface area contributed by atoms with Gasteiger partial charge in [0.2, 0.25) is 0 Å². The first-order valence-electron chi connectivity index (χ1n) is 5.65. The number of nitrogens with zero attached hydrogens (tertiary/aromatic N) is 3. The van der Waals surface area contributed by atoms with Crippen molar-refractivity contribution >= 4 is 15.5 Å². The molecule has 0 radical (unpaired) electrons. The third-order valence-electron chi connectivity index (χ3n) is 3.17. The summed E-state index contributed by atoms with van der Waals surface area (Å²) in [5.74, 6) is 0.599. The first kappa shape index (κ1) is 12.4. The highest BCUT2D eigenvalue weighted by atomic mass is 32.2. The zero-order valence-corrected chi connectivity index (χ0v) is 10.7. The van der Waals surface area contributed by atoms with Gasteiger partial charge in [0.05, 0.1) is 29.9 Å². The number of anilines is 1. The first-order chi connectivity index (χ1) is 7.96. The van der Waals surface area contributed by atoms with E-state index in [4.69, 9.17) is 5.73 Å². The Hall–Kier alpha value is -1.08. The highest BCUT2D eigenvalue weighted by Gasteiger charge is 2.30. The molecule has 96 valence electrons. The molecule has 17 heavy (non-hydrogen) atoms. The number of hydrogen-bond donors (Lipinski definition) is 1. The monoisotopic (exact) mass is 258 g/mol. The Balaban J connectivity index is 1.84. The summed E-state index contributed by atoms with van der Waals surface area (Å²) in [6, 6.07) is 0.146. The van der Waals surface area contributed by atoms with Crippen LogP contribution in [0.2, 0.25) is 0 Å². The van der Waals surface area contributed by atoms with Gasteiger partial charge in [-0.25, -0.2) is 8.42 Å². The molecule has 1 aliphatic rings. The number of nitrogen functional groups attached to an aromatic ring is 1. The average Bonchev–Trinajstić information content (AvgIpc) is 2.81. The van der Waals surface area contributed by atoms with Gasteiger partial charge in [-0.1, -0.05) is 0 Å². The predicted octanol–water partition coefficient (Wildman–Crippen LogP) is -0.416. The molecular formula is C10H18N4O2S. The Morgan fingerprint density at radius 3 is 2.94 bits per heavy atom. The van der Waals surface area contributed by atoms with Crippen LogP contribution in [0.15, 0.2) is 12.4 Å². The van der Waals surface area contributed by atoms with Crippen molar-refractivity contribution in [3.63, 3.8) is 0 Å². The SMILES string of the molecule is CN(CCn1cc(N)cn1)C1CCS(=O)(=O)C1. The highest BCUT2D eigenvalue weighted by Crippen LogP contribution is 2.16. The average molecular weight is 258 g/mol. The van der Waals surface area contributed by atoms with Gasteiger partial charge in [-0.05, 0) is 13.5 Å². The van der Waals surface area contributed by atoms with Crippen molar-refractivity contribution in [3.8, 4) is 0 Å². The molecule has 0 spiro atoms. The van der Waals surface area contributed by atoms with Crippen LogP contribution in [0.25, 0.3) is 0 Å². The van der Waals surface area contributed by atoms with Crippen LogP contribution in [0.4, 0.5) is 5.69 Å². The first-order valence-corrected chi connectivity index (χ1v) is 7.47. The number of sulfone groups is 1. The van der Waals surface area contributed by atoms with E-state index in [0.29, 0.717) is 11.4 Å². The van der Waals surface area contributed by atoms with Crippen molar-refractivity contribution in [2.75, 3.05) is 30.8 Å². The summed E-state index contributed by atoms with van der Waals surface area (Å²) in [6.07, 6.45) is 4.12. The standard InChI is InChI=1S/C10H18N4O2S/c1-13(10-2-5-17(15,16)8-10)3-4-14-7-9(11)6-12-14/h6-7,10H,2-5,8,11H2,1H3. The molecule has 1 fully saturated rings. The minimum atomic E-state index is -2.80. The minimum absolute atomic E-state index is 0.146. The quantitative estimate of drug-likeness (QED) is 0.793. The molecule has 2 rings (SSSR count). The van der Waals surface area contributed by atoms with E-state index in [1.165, 1.54) is 0 Å². The number of nitrogens with two attached hydrogens (primary N) is 1. The lowest BCUT2D eigenvalue weighted by Gasteiger charge is -2.22. The van der Waals surface area contributed by atoms with Gasteiger partial charge in [-0.15, -0.1) is 0 Å². The van der Waals surface area contributed by atoms with Gasteiger partial charge in [0.25, 0.3) is 0 Å². The van der Waals surface area contributed by atoms with Crippen molar-refractivity contribution in [1.29, 1.82) is 0 Å². The number of rotatable bonds is 4. The normalized spacial score (nSPS) is 23.3. The Bertz CT molecular complexity index is 482. The predicted molar refractivity (Wildman–Crippen MR) is 66.3 cm³/mol. The van der Waals surface area contributed by atoms with Crippen molar-refractivity contribution in [2.45, 2.75) is 19.0 Å². The van der Waals surface area contributed by atoms with E-state index in [2.05, 4.69) is 10.00 Å². The summed E-state index contributed by atoms with van der Waals surface area (Å²) in [4.78, 5) is 2.09. The maximum Gasteiger partial charge on any atom is 0.151 e. The van der Waals surface area contributed by atoms with Crippen LogP contribution in [0, 0.1) is 0 Å². The number of likely N-dealkylation sites (N-methyl/N-ethyl adjacent to an activating group) is 1. The molecule has 2 N–H and O–H groups in total. The molecule has 0 aromatic carbocycles. The minimum Gasteiger partial charge on any atom is -0.396 e. The summed E-state index contributed by atoms with van der Waals surface area (Å²) in [5, 5.41) is 4.09. The lowest BCUT2D eigenvalue weighted by atomic mass is 10.2. The highest BCUT2D eigenvalue weighted by molar-refractivity contribution is 7.91. The second-order valence-corrected chi connectivity index (χ2v) is 6.80. The van der Waals surface area contributed by atoms with E-state index in [1.807, 2.05) is 7.05 Å². The molecule has 2 heterocycles. The fourth-order valence-electron chi connectivity index (χ4n) is 2.07. The topological polar surface area (TPSA) is 81.2 Å².